The number of halogens is 2. The number of rotatable bonds is 5. The van der Waals surface area contributed by atoms with E-state index < -0.39 is 5.92 Å². The molecular formula is C23H37F2N5O2. The Hall–Kier alpha value is -1.77. The summed E-state index contributed by atoms with van der Waals surface area (Å²) < 4.78 is 27.3. The van der Waals surface area contributed by atoms with Crippen molar-refractivity contribution < 1.29 is 18.4 Å². The van der Waals surface area contributed by atoms with Crippen LogP contribution in [0.3, 0.4) is 0 Å². The molecule has 2 saturated heterocycles. The van der Waals surface area contributed by atoms with Gasteiger partial charge in [-0.25, -0.2) is 8.78 Å². The van der Waals surface area contributed by atoms with Crippen LogP contribution < -0.4 is 11.5 Å². The lowest BCUT2D eigenvalue weighted by molar-refractivity contribution is -0.142. The van der Waals surface area contributed by atoms with E-state index in [2.05, 4.69) is 4.90 Å². The van der Waals surface area contributed by atoms with Gasteiger partial charge in [-0.1, -0.05) is 0 Å². The average Bonchev–Trinajstić information content (AvgIpc) is 3.11. The fourth-order valence-electron chi connectivity index (χ4n) is 6.52. The van der Waals surface area contributed by atoms with Crippen molar-refractivity contribution in [3.63, 3.8) is 0 Å². The molecule has 2 aliphatic carbocycles. The van der Waals surface area contributed by atoms with Gasteiger partial charge in [0.05, 0.1) is 11.9 Å². The maximum Gasteiger partial charge on any atom is 0.251 e. The Morgan fingerprint density at radius 2 is 1.56 bits per heavy atom. The van der Waals surface area contributed by atoms with Crippen LogP contribution in [-0.2, 0) is 9.59 Å². The van der Waals surface area contributed by atoms with Gasteiger partial charge >= 0.3 is 0 Å². The number of piperidine rings is 1. The van der Waals surface area contributed by atoms with E-state index in [1.807, 2.05) is 0 Å². The van der Waals surface area contributed by atoms with Crippen molar-refractivity contribution in [1.82, 2.24) is 9.80 Å². The monoisotopic (exact) mass is 453 g/mol. The molecule has 4 aliphatic rings. The molecule has 32 heavy (non-hydrogen) atoms. The zero-order valence-electron chi connectivity index (χ0n) is 18.8. The Labute approximate surface area is 188 Å². The van der Waals surface area contributed by atoms with E-state index in [1.165, 1.54) is 0 Å². The van der Waals surface area contributed by atoms with Gasteiger partial charge in [0.2, 0.25) is 11.8 Å². The first kappa shape index (κ1) is 23.4. The van der Waals surface area contributed by atoms with Crippen LogP contribution in [0.25, 0.3) is 0 Å². The second-order valence-corrected chi connectivity index (χ2v) is 10.5. The van der Waals surface area contributed by atoms with Crippen molar-refractivity contribution in [3.8, 4) is 0 Å². The molecule has 0 bridgehead atoms. The second-order valence-electron chi connectivity index (χ2n) is 10.5. The number of amides is 2. The van der Waals surface area contributed by atoms with Crippen molar-refractivity contribution in [2.24, 2.45) is 35.1 Å². The van der Waals surface area contributed by atoms with Crippen LogP contribution in [-0.4, -0.2) is 65.1 Å². The van der Waals surface area contributed by atoms with Crippen LogP contribution in [0.1, 0.15) is 64.2 Å². The van der Waals surface area contributed by atoms with Crippen LogP contribution >= 0.6 is 0 Å². The standard InChI is InChI=1S/C23H37F2N5O2/c24-23(25)7-9-29(10-8-23)22(32)19-11-16-5-6-17(20(26)27)12-18(16)30(19)13-14-1-3-15(4-2-14)21(28)31/h14-19H,1-13H2,(H3,26,27)(H2,28,31). The fourth-order valence-corrected chi connectivity index (χ4v) is 6.52. The highest BCUT2D eigenvalue weighted by Crippen LogP contribution is 2.44. The predicted octanol–water partition coefficient (Wildman–Crippen LogP) is 2.33. The Morgan fingerprint density at radius 3 is 2.16 bits per heavy atom. The van der Waals surface area contributed by atoms with Gasteiger partial charge < -0.3 is 16.4 Å². The van der Waals surface area contributed by atoms with E-state index in [1.54, 1.807) is 4.90 Å². The third kappa shape index (κ3) is 4.92. The third-order valence-corrected chi connectivity index (χ3v) is 8.56. The number of alkyl halides is 2. The zero-order chi connectivity index (χ0) is 23.0. The van der Waals surface area contributed by atoms with Crippen molar-refractivity contribution in [2.45, 2.75) is 82.2 Å². The summed E-state index contributed by atoms with van der Waals surface area (Å²) in [5.74, 6) is -1.92. The van der Waals surface area contributed by atoms with Crippen LogP contribution in [0.2, 0.25) is 0 Å². The number of fused-ring (bicyclic) bond motifs is 1. The molecule has 4 fully saturated rings. The lowest BCUT2D eigenvalue weighted by Crippen LogP contribution is -2.53. The molecular weight excluding hydrogens is 416 g/mol. The Kier molecular flexibility index (Phi) is 6.75. The highest BCUT2D eigenvalue weighted by atomic mass is 19.3. The normalized spacial score (nSPS) is 37.6. The van der Waals surface area contributed by atoms with Crippen LogP contribution in [0, 0.1) is 29.1 Å². The van der Waals surface area contributed by atoms with E-state index in [9.17, 15) is 18.4 Å². The van der Waals surface area contributed by atoms with Gasteiger partial charge in [-0.3, -0.25) is 19.9 Å². The number of hydrogen-bond donors (Lipinski definition) is 3. The molecule has 0 radical (unpaired) electrons. The zero-order valence-corrected chi connectivity index (χ0v) is 18.8. The van der Waals surface area contributed by atoms with Crippen molar-refractivity contribution >= 4 is 17.6 Å². The van der Waals surface area contributed by atoms with E-state index in [0.29, 0.717) is 11.8 Å². The van der Waals surface area contributed by atoms with Gasteiger partial charge in [0.25, 0.3) is 5.92 Å². The van der Waals surface area contributed by atoms with Gasteiger partial charge in [0.15, 0.2) is 0 Å². The number of carbonyl (C=O) groups is 2. The summed E-state index contributed by atoms with van der Waals surface area (Å²) in [5.41, 5.74) is 11.3. The molecule has 4 rings (SSSR count). The van der Waals surface area contributed by atoms with E-state index >= 15 is 0 Å². The first-order valence-electron chi connectivity index (χ1n) is 12.2. The molecule has 180 valence electrons. The summed E-state index contributed by atoms with van der Waals surface area (Å²) >= 11 is 0. The number of nitrogens with one attached hydrogen (secondary N) is 1. The fraction of sp³-hybridized carbons (Fsp3) is 0.870. The molecule has 2 aliphatic heterocycles. The summed E-state index contributed by atoms with van der Waals surface area (Å²) in [6.07, 6.45) is 6.26. The third-order valence-electron chi connectivity index (χ3n) is 8.56. The lowest BCUT2D eigenvalue weighted by atomic mass is 9.77. The summed E-state index contributed by atoms with van der Waals surface area (Å²) in [7, 11) is 0. The average molecular weight is 454 g/mol. The molecule has 0 aromatic carbocycles. The van der Waals surface area contributed by atoms with Crippen molar-refractivity contribution in [2.75, 3.05) is 19.6 Å². The summed E-state index contributed by atoms with van der Waals surface area (Å²) in [5, 5.41) is 7.92. The Bertz CT molecular complexity index is 730. The van der Waals surface area contributed by atoms with E-state index in [0.717, 1.165) is 57.9 Å². The second kappa shape index (κ2) is 9.23. The van der Waals surface area contributed by atoms with Gasteiger partial charge in [-0.2, -0.15) is 0 Å². The maximum absolute atomic E-state index is 13.6. The number of carbonyl (C=O) groups excluding carboxylic acids is 2. The summed E-state index contributed by atoms with van der Waals surface area (Å²) in [6.45, 7) is 1.01. The quantitative estimate of drug-likeness (QED) is 0.437. The number of likely N-dealkylation sites (tertiary alicyclic amines) is 2. The molecule has 2 saturated carbocycles. The molecule has 0 spiro atoms. The number of hydrogen-bond acceptors (Lipinski definition) is 4. The van der Waals surface area contributed by atoms with Gasteiger partial charge in [0, 0.05) is 50.4 Å². The molecule has 2 heterocycles. The number of amidine groups is 1. The minimum absolute atomic E-state index is 0.0138. The minimum atomic E-state index is -2.67. The highest BCUT2D eigenvalue weighted by Gasteiger charge is 2.49. The summed E-state index contributed by atoms with van der Waals surface area (Å²) in [6, 6.07) is -0.0806. The van der Waals surface area contributed by atoms with Crippen molar-refractivity contribution in [3.05, 3.63) is 0 Å². The number of nitrogens with two attached hydrogens (primary N) is 2. The van der Waals surface area contributed by atoms with Gasteiger partial charge in [-0.05, 0) is 63.2 Å². The summed E-state index contributed by atoms with van der Waals surface area (Å²) in [4.78, 5) is 29.0. The largest absolute Gasteiger partial charge is 0.387 e. The van der Waals surface area contributed by atoms with E-state index in [4.69, 9.17) is 16.9 Å². The molecule has 4 unspecified atom stereocenters. The molecule has 2 amide bonds. The van der Waals surface area contributed by atoms with Crippen LogP contribution in [0.5, 0.6) is 0 Å². The van der Waals surface area contributed by atoms with Gasteiger partial charge in [0.1, 0.15) is 0 Å². The van der Waals surface area contributed by atoms with Gasteiger partial charge in [-0.15, -0.1) is 0 Å². The maximum atomic E-state index is 13.6. The minimum Gasteiger partial charge on any atom is -0.387 e. The smallest absolute Gasteiger partial charge is 0.251 e. The first-order valence-corrected chi connectivity index (χ1v) is 12.2. The first-order chi connectivity index (χ1) is 15.1. The molecule has 5 N–H and O–H groups in total. The molecule has 9 heteroatoms. The van der Waals surface area contributed by atoms with Crippen molar-refractivity contribution in [1.29, 1.82) is 5.41 Å². The molecule has 7 nitrogen and oxygen atoms in total. The van der Waals surface area contributed by atoms with Crippen LogP contribution in [0.15, 0.2) is 0 Å². The number of nitrogens with zero attached hydrogens (tertiary/aromatic N) is 2. The Balaban J connectivity index is 1.47. The number of primary amides is 1. The topological polar surface area (TPSA) is 117 Å². The van der Waals surface area contributed by atoms with Crippen LogP contribution in [0.4, 0.5) is 8.78 Å². The molecule has 0 aromatic rings. The predicted molar refractivity (Wildman–Crippen MR) is 117 cm³/mol. The Morgan fingerprint density at radius 1 is 0.938 bits per heavy atom. The lowest BCUT2D eigenvalue weighted by Gasteiger charge is -2.41. The molecule has 0 aromatic heterocycles. The molecule has 4 atom stereocenters. The highest BCUT2D eigenvalue weighted by molar-refractivity contribution is 5.83. The van der Waals surface area contributed by atoms with E-state index in [-0.39, 0.29) is 67.5 Å². The SMILES string of the molecule is N=C(N)C1CCC2CC(C(=O)N3CCC(F)(F)CC3)N(CC3CCC(C(N)=O)CC3)C2C1.